The molecule has 1 aromatic heterocycles. The third-order valence-corrected chi connectivity index (χ3v) is 2.93. The fraction of sp³-hybridized carbons (Fsp3) is 0.214. The predicted octanol–water partition coefficient (Wildman–Crippen LogP) is 3.78. The first-order valence-electron chi connectivity index (χ1n) is 6.47. The van der Waals surface area contributed by atoms with Crippen LogP contribution in [-0.4, -0.2) is 23.0 Å². The van der Waals surface area contributed by atoms with Crippen LogP contribution < -0.4 is 10.1 Å². The second-order valence-corrected chi connectivity index (χ2v) is 4.69. The van der Waals surface area contributed by atoms with Gasteiger partial charge in [0.2, 0.25) is 5.88 Å². The molecule has 25 heavy (non-hydrogen) atoms. The molecule has 0 aliphatic rings. The maximum absolute atomic E-state index is 12.8. The Morgan fingerprint density at radius 1 is 0.960 bits per heavy atom. The topological polar surface area (TPSA) is 64.1 Å². The summed E-state index contributed by atoms with van der Waals surface area (Å²) in [7, 11) is 1.26. The van der Waals surface area contributed by atoms with Crippen molar-refractivity contribution in [3.63, 3.8) is 0 Å². The van der Waals surface area contributed by atoms with Crippen LogP contribution in [0.25, 0.3) is 0 Å². The van der Waals surface area contributed by atoms with Crippen LogP contribution in [-0.2, 0) is 12.4 Å². The monoisotopic (exact) mass is 365 g/mol. The second kappa shape index (κ2) is 6.57. The summed E-state index contributed by atoms with van der Waals surface area (Å²) in [5, 5.41) is 1.95. The first-order valence-corrected chi connectivity index (χ1v) is 6.47. The van der Waals surface area contributed by atoms with Crippen molar-refractivity contribution in [2.45, 2.75) is 12.4 Å². The number of nitrogens with one attached hydrogen (secondary N) is 1. The van der Waals surface area contributed by atoms with E-state index in [1.165, 1.54) is 7.11 Å². The minimum atomic E-state index is -5.02. The molecule has 5 nitrogen and oxygen atoms in total. The van der Waals surface area contributed by atoms with E-state index >= 15 is 0 Å². The molecule has 0 aliphatic heterocycles. The Balaban J connectivity index is 2.39. The number of carbonyl (C=O) groups is 1. The highest BCUT2D eigenvalue weighted by Crippen LogP contribution is 2.37. The van der Waals surface area contributed by atoms with Crippen LogP contribution in [0.3, 0.4) is 0 Å². The molecule has 0 saturated heterocycles. The summed E-state index contributed by atoms with van der Waals surface area (Å²) in [6, 6.07) is 1.83. The molecule has 0 radical (unpaired) electrons. The van der Waals surface area contributed by atoms with Gasteiger partial charge < -0.3 is 10.1 Å². The van der Waals surface area contributed by atoms with Crippen LogP contribution in [0, 0.1) is 0 Å². The standard InChI is InChI=1S/C14H9F6N3O2/c1-25-11-5-10(21-6-22-11)12(24)23-9-3-7(13(15,16)17)2-8(4-9)14(18,19)20/h2-6H,1H3,(H,23,24). The third kappa shape index (κ3) is 4.58. The molecule has 0 aliphatic carbocycles. The molecule has 0 atom stereocenters. The van der Waals surface area contributed by atoms with Gasteiger partial charge in [0.25, 0.3) is 5.91 Å². The summed E-state index contributed by atoms with van der Waals surface area (Å²) in [6.07, 6.45) is -9.07. The number of methoxy groups -OCH3 is 1. The molecule has 0 bridgehead atoms. The molecular formula is C14H9F6N3O2. The Morgan fingerprint density at radius 3 is 2.00 bits per heavy atom. The quantitative estimate of drug-likeness (QED) is 0.841. The van der Waals surface area contributed by atoms with Crippen molar-refractivity contribution in [3.05, 3.63) is 47.4 Å². The van der Waals surface area contributed by atoms with Crippen molar-refractivity contribution in [2.75, 3.05) is 12.4 Å². The van der Waals surface area contributed by atoms with Gasteiger partial charge in [-0.3, -0.25) is 4.79 Å². The van der Waals surface area contributed by atoms with Gasteiger partial charge in [0, 0.05) is 11.8 Å². The molecule has 0 saturated carbocycles. The van der Waals surface area contributed by atoms with Crippen molar-refractivity contribution < 1.29 is 35.9 Å². The number of hydrogen-bond donors (Lipinski definition) is 1. The van der Waals surface area contributed by atoms with Crippen molar-refractivity contribution in [1.82, 2.24) is 9.97 Å². The summed E-state index contributed by atoms with van der Waals surface area (Å²) in [4.78, 5) is 19.2. The Morgan fingerprint density at radius 2 is 1.52 bits per heavy atom. The van der Waals surface area contributed by atoms with Gasteiger partial charge in [-0.1, -0.05) is 0 Å². The normalized spacial score (nSPS) is 12.0. The summed E-state index contributed by atoms with van der Waals surface area (Å²) >= 11 is 0. The van der Waals surface area contributed by atoms with E-state index in [-0.39, 0.29) is 17.6 Å². The van der Waals surface area contributed by atoms with E-state index in [1.807, 2.05) is 5.32 Å². The van der Waals surface area contributed by atoms with Crippen LogP contribution in [0.5, 0.6) is 5.88 Å². The van der Waals surface area contributed by atoms with E-state index in [0.29, 0.717) is 12.1 Å². The molecular weight excluding hydrogens is 356 g/mol. The largest absolute Gasteiger partial charge is 0.481 e. The number of aromatic nitrogens is 2. The van der Waals surface area contributed by atoms with Gasteiger partial charge in [0.1, 0.15) is 12.0 Å². The Hall–Kier alpha value is -2.85. The molecule has 2 aromatic rings. The van der Waals surface area contributed by atoms with Gasteiger partial charge in [0.05, 0.1) is 18.2 Å². The Bertz CT molecular complexity index is 757. The fourth-order valence-electron chi connectivity index (χ4n) is 1.80. The average Bonchev–Trinajstić information content (AvgIpc) is 2.53. The lowest BCUT2D eigenvalue weighted by atomic mass is 10.1. The first-order chi connectivity index (χ1) is 11.5. The molecule has 134 valence electrons. The number of carbonyl (C=O) groups excluding carboxylic acids is 1. The van der Waals surface area contributed by atoms with Crippen molar-refractivity contribution in [3.8, 4) is 5.88 Å². The highest BCUT2D eigenvalue weighted by Gasteiger charge is 2.37. The average molecular weight is 365 g/mol. The number of halogens is 6. The van der Waals surface area contributed by atoms with Crippen LogP contribution in [0.1, 0.15) is 21.6 Å². The highest BCUT2D eigenvalue weighted by atomic mass is 19.4. The van der Waals surface area contributed by atoms with E-state index in [0.717, 1.165) is 12.4 Å². The number of amides is 1. The summed E-state index contributed by atoms with van der Waals surface area (Å²) in [5.74, 6) is -1.02. The number of ether oxygens (including phenoxy) is 1. The molecule has 11 heteroatoms. The molecule has 2 rings (SSSR count). The molecule has 0 fully saturated rings. The number of anilines is 1. The van der Waals surface area contributed by atoms with Gasteiger partial charge in [-0.25, -0.2) is 9.97 Å². The van der Waals surface area contributed by atoms with Gasteiger partial charge in [-0.05, 0) is 18.2 Å². The van der Waals surface area contributed by atoms with Crippen LogP contribution >= 0.6 is 0 Å². The van der Waals surface area contributed by atoms with Gasteiger partial charge in [-0.15, -0.1) is 0 Å². The van der Waals surface area contributed by atoms with E-state index < -0.39 is 35.1 Å². The molecule has 1 amide bonds. The smallest absolute Gasteiger partial charge is 0.416 e. The number of benzene rings is 1. The molecule has 0 unspecified atom stereocenters. The Labute approximate surface area is 136 Å². The first kappa shape index (κ1) is 18.5. The minimum absolute atomic E-state index is 0.000160. The van der Waals surface area contributed by atoms with Gasteiger partial charge in [0.15, 0.2) is 0 Å². The maximum atomic E-state index is 12.8. The molecule has 1 N–H and O–H groups in total. The summed E-state index contributed by atoms with van der Waals surface area (Å²) < 4.78 is 81.4. The number of alkyl halides is 6. The lowest BCUT2D eigenvalue weighted by Crippen LogP contribution is -2.17. The van der Waals surface area contributed by atoms with Crippen molar-refractivity contribution in [2.24, 2.45) is 0 Å². The lowest BCUT2D eigenvalue weighted by molar-refractivity contribution is -0.143. The minimum Gasteiger partial charge on any atom is -0.481 e. The van der Waals surface area contributed by atoms with Crippen LogP contribution in [0.2, 0.25) is 0 Å². The van der Waals surface area contributed by atoms with Crippen LogP contribution in [0.4, 0.5) is 32.0 Å². The highest BCUT2D eigenvalue weighted by molar-refractivity contribution is 6.03. The zero-order valence-electron chi connectivity index (χ0n) is 12.4. The maximum Gasteiger partial charge on any atom is 0.416 e. The predicted molar refractivity (Wildman–Crippen MR) is 73.0 cm³/mol. The number of hydrogen-bond acceptors (Lipinski definition) is 4. The van der Waals surface area contributed by atoms with E-state index in [1.54, 1.807) is 0 Å². The zero-order chi connectivity index (χ0) is 18.8. The molecule has 1 aromatic carbocycles. The Kier molecular flexibility index (Phi) is 4.86. The fourth-order valence-corrected chi connectivity index (χ4v) is 1.80. The zero-order valence-corrected chi connectivity index (χ0v) is 12.4. The lowest BCUT2D eigenvalue weighted by Gasteiger charge is -2.14. The SMILES string of the molecule is COc1cc(C(=O)Nc2cc(C(F)(F)F)cc(C(F)(F)F)c2)ncn1. The van der Waals surface area contributed by atoms with E-state index in [2.05, 4.69) is 9.97 Å². The van der Waals surface area contributed by atoms with Gasteiger partial charge >= 0.3 is 12.4 Å². The number of nitrogens with zero attached hydrogens (tertiary/aromatic N) is 2. The molecule has 1 heterocycles. The molecule has 0 spiro atoms. The van der Waals surface area contributed by atoms with Crippen molar-refractivity contribution in [1.29, 1.82) is 0 Å². The van der Waals surface area contributed by atoms with E-state index in [4.69, 9.17) is 4.74 Å². The van der Waals surface area contributed by atoms with Crippen molar-refractivity contribution >= 4 is 11.6 Å². The van der Waals surface area contributed by atoms with E-state index in [9.17, 15) is 31.1 Å². The second-order valence-electron chi connectivity index (χ2n) is 4.69. The van der Waals surface area contributed by atoms with Crippen LogP contribution in [0.15, 0.2) is 30.6 Å². The third-order valence-electron chi connectivity index (χ3n) is 2.93. The number of rotatable bonds is 3. The summed E-state index contributed by atoms with van der Waals surface area (Å²) in [5.41, 5.74) is -4.06. The summed E-state index contributed by atoms with van der Waals surface area (Å²) in [6.45, 7) is 0. The van der Waals surface area contributed by atoms with Gasteiger partial charge in [-0.2, -0.15) is 26.3 Å².